The van der Waals surface area contributed by atoms with E-state index in [1.54, 1.807) is 30.3 Å². The summed E-state index contributed by atoms with van der Waals surface area (Å²) in [5.41, 5.74) is -0.124. The number of hydrogen-bond acceptors (Lipinski definition) is 5. The Morgan fingerprint density at radius 3 is 2.46 bits per heavy atom. The molecule has 0 aliphatic carbocycles. The molecule has 186 valence electrons. The molecule has 1 amide bonds. The van der Waals surface area contributed by atoms with Gasteiger partial charge in [-0.15, -0.1) is 0 Å². The molecule has 0 bridgehead atoms. The van der Waals surface area contributed by atoms with Crippen molar-refractivity contribution in [1.82, 2.24) is 15.1 Å². The van der Waals surface area contributed by atoms with Crippen LogP contribution in [-0.4, -0.2) is 44.6 Å². The number of halogens is 2. The molecular formula is C25H27ClFN3O5. The smallest absolute Gasteiger partial charge is 0.305 e. The lowest BCUT2D eigenvalue weighted by molar-refractivity contribution is -0.137. The van der Waals surface area contributed by atoms with Crippen molar-refractivity contribution in [2.75, 3.05) is 6.61 Å². The van der Waals surface area contributed by atoms with Crippen molar-refractivity contribution < 1.29 is 28.9 Å². The van der Waals surface area contributed by atoms with Crippen LogP contribution in [0.15, 0.2) is 54.6 Å². The number of carboxylic acids is 1. The predicted molar refractivity (Wildman–Crippen MR) is 128 cm³/mol. The number of carbonyl (C=O) groups is 2. The first-order valence-corrected chi connectivity index (χ1v) is 11.3. The van der Waals surface area contributed by atoms with Crippen LogP contribution in [0, 0.1) is 11.2 Å². The third kappa shape index (κ3) is 6.58. The van der Waals surface area contributed by atoms with E-state index in [9.17, 15) is 24.2 Å². The van der Waals surface area contributed by atoms with Crippen LogP contribution in [0.5, 0.6) is 5.88 Å². The van der Waals surface area contributed by atoms with Crippen LogP contribution < -0.4 is 10.1 Å². The van der Waals surface area contributed by atoms with Crippen LogP contribution >= 0.6 is 11.6 Å². The minimum Gasteiger partial charge on any atom is -0.481 e. The normalized spacial score (nSPS) is 13.2. The lowest BCUT2D eigenvalue weighted by Crippen LogP contribution is -2.32. The number of nitrogens with zero attached hydrogens (tertiary/aromatic N) is 2. The zero-order valence-corrected chi connectivity index (χ0v) is 20.3. The number of hydrogen-bond donors (Lipinski definition) is 3. The number of benzene rings is 2. The van der Waals surface area contributed by atoms with Crippen LogP contribution in [-0.2, 0) is 4.79 Å². The molecular weight excluding hydrogens is 477 g/mol. The largest absolute Gasteiger partial charge is 0.481 e. The summed E-state index contributed by atoms with van der Waals surface area (Å²) in [6, 6.07) is 12.8. The number of rotatable bonds is 9. The van der Waals surface area contributed by atoms with Gasteiger partial charge in [0.1, 0.15) is 18.1 Å². The van der Waals surface area contributed by atoms with Gasteiger partial charge in [0.15, 0.2) is 5.69 Å². The zero-order valence-electron chi connectivity index (χ0n) is 19.5. The van der Waals surface area contributed by atoms with E-state index in [1.807, 2.05) is 20.8 Å². The maximum absolute atomic E-state index is 14.5. The lowest BCUT2D eigenvalue weighted by atomic mass is 9.90. The Morgan fingerprint density at radius 1 is 1.17 bits per heavy atom. The van der Waals surface area contributed by atoms with Crippen molar-refractivity contribution in [2.24, 2.45) is 5.41 Å². The van der Waals surface area contributed by atoms with E-state index < -0.39 is 41.7 Å². The van der Waals surface area contributed by atoms with Gasteiger partial charge < -0.3 is 20.3 Å². The van der Waals surface area contributed by atoms with Crippen LogP contribution in [0.2, 0.25) is 5.02 Å². The Balaban J connectivity index is 1.94. The lowest BCUT2D eigenvalue weighted by Gasteiger charge is -2.25. The summed E-state index contributed by atoms with van der Waals surface area (Å²) >= 11 is 6.22. The highest BCUT2D eigenvalue weighted by molar-refractivity contribution is 6.31. The fraction of sp³-hybridized carbons (Fsp3) is 0.320. The first-order valence-electron chi connectivity index (χ1n) is 10.9. The molecule has 0 aliphatic rings. The highest BCUT2D eigenvalue weighted by atomic mass is 35.5. The van der Waals surface area contributed by atoms with E-state index in [-0.39, 0.29) is 23.9 Å². The number of nitrogens with one attached hydrogen (secondary N) is 1. The van der Waals surface area contributed by atoms with Gasteiger partial charge in [-0.2, -0.15) is 9.78 Å². The van der Waals surface area contributed by atoms with E-state index in [1.165, 1.54) is 24.3 Å². The highest BCUT2D eigenvalue weighted by Crippen LogP contribution is 2.27. The van der Waals surface area contributed by atoms with Crippen LogP contribution in [0.4, 0.5) is 4.39 Å². The van der Waals surface area contributed by atoms with E-state index >= 15 is 0 Å². The van der Waals surface area contributed by atoms with Crippen LogP contribution in [0.1, 0.15) is 49.3 Å². The second kappa shape index (κ2) is 10.9. The number of carbonyl (C=O) groups excluding carboxylic acids is 1. The maximum atomic E-state index is 14.5. The number of amides is 1. The molecule has 8 nitrogen and oxygen atoms in total. The first kappa shape index (κ1) is 26.2. The highest BCUT2D eigenvalue weighted by Gasteiger charge is 2.26. The molecule has 0 fully saturated rings. The summed E-state index contributed by atoms with van der Waals surface area (Å²) in [7, 11) is 0. The molecule has 0 saturated heterocycles. The van der Waals surface area contributed by atoms with E-state index in [4.69, 9.17) is 16.3 Å². The molecule has 3 aromatic rings. The Kier molecular flexibility index (Phi) is 8.14. The maximum Gasteiger partial charge on any atom is 0.305 e. The summed E-state index contributed by atoms with van der Waals surface area (Å²) in [4.78, 5) is 24.5. The Labute approximate surface area is 207 Å². The van der Waals surface area contributed by atoms with Crippen molar-refractivity contribution in [3.8, 4) is 11.6 Å². The molecule has 3 N–H and O–H groups in total. The fourth-order valence-electron chi connectivity index (χ4n) is 3.19. The topological polar surface area (TPSA) is 114 Å². The third-order valence-electron chi connectivity index (χ3n) is 5.34. The molecule has 0 radical (unpaired) electrons. The average Bonchev–Trinajstić information content (AvgIpc) is 3.21. The summed E-state index contributed by atoms with van der Waals surface area (Å²) in [6.45, 7) is 5.40. The third-order valence-corrected chi connectivity index (χ3v) is 5.69. The zero-order chi connectivity index (χ0) is 25.8. The van der Waals surface area contributed by atoms with Gasteiger partial charge in [0.25, 0.3) is 5.91 Å². The van der Waals surface area contributed by atoms with Crippen molar-refractivity contribution in [2.45, 2.75) is 39.3 Å². The molecule has 10 heteroatoms. The second-order valence-electron chi connectivity index (χ2n) is 9.07. The number of aliphatic hydroxyl groups excluding tert-OH is 1. The number of para-hydroxylation sites is 1. The van der Waals surface area contributed by atoms with E-state index in [0.29, 0.717) is 10.6 Å². The first-order chi connectivity index (χ1) is 16.5. The number of carboxylic acid groups (broad SMARTS) is 1. The van der Waals surface area contributed by atoms with Crippen molar-refractivity contribution in [3.63, 3.8) is 0 Å². The van der Waals surface area contributed by atoms with Crippen molar-refractivity contribution >= 4 is 23.5 Å². The molecule has 0 spiro atoms. The fourth-order valence-corrected chi connectivity index (χ4v) is 3.46. The van der Waals surface area contributed by atoms with Gasteiger partial charge in [-0.25, -0.2) is 4.39 Å². The van der Waals surface area contributed by atoms with Gasteiger partial charge in [0, 0.05) is 11.1 Å². The number of aliphatic carboxylic acids is 1. The molecule has 2 aromatic carbocycles. The quantitative estimate of drug-likeness (QED) is 0.399. The molecule has 1 aromatic heterocycles. The SMILES string of the molecule is CC(C)(C)[C@@H](O)COc1cc(C(=O)N[C@@H](CC(=O)O)c2ccccc2Cl)nn1-c1ccccc1F. The Hall–Kier alpha value is -3.43. The van der Waals surface area contributed by atoms with Gasteiger partial charge in [-0.1, -0.05) is 62.7 Å². The molecule has 0 aliphatic heterocycles. The molecule has 1 heterocycles. The average molecular weight is 504 g/mol. The summed E-state index contributed by atoms with van der Waals surface area (Å²) in [5, 5.41) is 26.8. The van der Waals surface area contributed by atoms with Gasteiger partial charge in [-0.05, 0) is 29.2 Å². The van der Waals surface area contributed by atoms with Gasteiger partial charge in [-0.3, -0.25) is 9.59 Å². The Morgan fingerprint density at radius 2 is 1.83 bits per heavy atom. The van der Waals surface area contributed by atoms with Crippen LogP contribution in [0.3, 0.4) is 0 Å². The number of aliphatic hydroxyl groups is 1. The van der Waals surface area contributed by atoms with Gasteiger partial charge in [0.05, 0.1) is 18.6 Å². The molecule has 2 atom stereocenters. The van der Waals surface area contributed by atoms with E-state index in [0.717, 1.165) is 4.68 Å². The molecule has 3 rings (SSSR count). The molecule has 0 unspecified atom stereocenters. The van der Waals surface area contributed by atoms with Gasteiger partial charge in [0.2, 0.25) is 5.88 Å². The van der Waals surface area contributed by atoms with Crippen molar-refractivity contribution in [3.05, 3.63) is 76.7 Å². The van der Waals surface area contributed by atoms with Gasteiger partial charge >= 0.3 is 5.97 Å². The standard InChI is InChI=1S/C25H27ClFN3O5/c1-25(2,3)21(31)14-35-22-12-19(29-30(22)20-11-7-6-10-17(20)27)24(34)28-18(13-23(32)33)15-8-4-5-9-16(15)26/h4-12,18,21,31H,13-14H2,1-3H3,(H,28,34)(H,32,33)/t18-,21-/m0/s1. The van der Waals surface area contributed by atoms with E-state index in [2.05, 4.69) is 10.4 Å². The monoisotopic (exact) mass is 503 g/mol. The summed E-state index contributed by atoms with van der Waals surface area (Å²) in [5.74, 6) is -2.39. The Bertz CT molecular complexity index is 1210. The number of ether oxygens (including phenoxy) is 1. The second-order valence-corrected chi connectivity index (χ2v) is 9.48. The minimum atomic E-state index is -1.13. The number of aromatic nitrogens is 2. The predicted octanol–water partition coefficient (Wildman–Crippen LogP) is 4.40. The molecule has 35 heavy (non-hydrogen) atoms. The summed E-state index contributed by atoms with van der Waals surface area (Å²) < 4.78 is 21.4. The summed E-state index contributed by atoms with van der Waals surface area (Å²) in [6.07, 6.45) is -1.26. The minimum absolute atomic E-state index is 0.0380. The van der Waals surface area contributed by atoms with Crippen molar-refractivity contribution in [1.29, 1.82) is 0 Å². The molecule has 0 saturated carbocycles. The van der Waals surface area contributed by atoms with Crippen LogP contribution in [0.25, 0.3) is 5.69 Å².